The second-order valence-electron chi connectivity index (χ2n) is 3.47. The lowest BCUT2D eigenvalue weighted by molar-refractivity contribution is 0.267. The highest BCUT2D eigenvalue weighted by atomic mass is 32.2. The van der Waals surface area contributed by atoms with Crippen molar-refractivity contribution in [3.63, 3.8) is 0 Å². The van der Waals surface area contributed by atoms with Gasteiger partial charge in [-0.3, -0.25) is 8.98 Å². The molecule has 1 aromatic rings. The van der Waals surface area contributed by atoms with E-state index in [1.807, 2.05) is 6.92 Å². The van der Waals surface area contributed by atoms with Crippen molar-refractivity contribution in [3.8, 4) is 5.75 Å². The Labute approximate surface area is 99.0 Å². The van der Waals surface area contributed by atoms with Crippen molar-refractivity contribution < 1.29 is 22.1 Å². The Balaban J connectivity index is 2.61. The summed E-state index contributed by atoms with van der Waals surface area (Å²) in [6.45, 7) is 1.52. The van der Waals surface area contributed by atoms with E-state index in [2.05, 4.69) is 4.18 Å². The second-order valence-corrected chi connectivity index (χ2v) is 5.23. The number of unbranched alkanes of at least 4 members (excludes halogenated alkanes) is 1. The molecule has 0 unspecified atom stereocenters. The monoisotopic (exact) mass is 262 g/mol. The van der Waals surface area contributed by atoms with Crippen LogP contribution in [0.25, 0.3) is 0 Å². The van der Waals surface area contributed by atoms with E-state index in [9.17, 15) is 13.2 Å². The summed E-state index contributed by atoms with van der Waals surface area (Å²) in [5.41, 5.74) is -0.638. The Morgan fingerprint density at radius 1 is 1.47 bits per heavy atom. The van der Waals surface area contributed by atoms with E-state index >= 15 is 0 Å². The minimum absolute atomic E-state index is 0.0490. The summed E-state index contributed by atoms with van der Waals surface area (Å²) >= 11 is 0. The molecule has 1 aromatic heterocycles. The van der Waals surface area contributed by atoms with E-state index in [0.717, 1.165) is 18.8 Å². The van der Waals surface area contributed by atoms with Gasteiger partial charge in [-0.2, -0.15) is 8.42 Å². The van der Waals surface area contributed by atoms with Crippen LogP contribution in [0.1, 0.15) is 25.5 Å². The molecule has 0 radical (unpaired) electrons. The Kier molecular flexibility index (Phi) is 4.71. The molecular weight excluding hydrogens is 248 g/mol. The lowest BCUT2D eigenvalue weighted by Gasteiger charge is -2.04. The van der Waals surface area contributed by atoms with Crippen molar-refractivity contribution in [1.29, 1.82) is 0 Å². The van der Waals surface area contributed by atoms with Gasteiger partial charge in [0, 0.05) is 6.07 Å². The zero-order chi connectivity index (χ0) is 12.9. The zero-order valence-corrected chi connectivity index (χ0v) is 10.2. The second kappa shape index (κ2) is 5.83. The predicted molar refractivity (Wildman–Crippen MR) is 60.1 cm³/mol. The van der Waals surface area contributed by atoms with Crippen LogP contribution in [0.3, 0.4) is 0 Å². The molecule has 1 rings (SSSR count). The van der Waals surface area contributed by atoms with Crippen molar-refractivity contribution in [2.45, 2.75) is 26.4 Å². The van der Waals surface area contributed by atoms with Crippen LogP contribution in [0.2, 0.25) is 0 Å². The van der Waals surface area contributed by atoms with Gasteiger partial charge >= 0.3 is 0 Å². The summed E-state index contributed by atoms with van der Waals surface area (Å²) in [6, 6.07) is 0.991. The first-order valence-electron chi connectivity index (χ1n) is 5.12. The number of rotatable bonds is 6. The minimum Gasteiger partial charge on any atom is -0.502 e. The standard InChI is InChI=1S/C10H14O6S/c1-2-3-4-17(13,14)16-6-8-5-9(11)10(12)7-15-8/h5,7,12H,2-4,6H2,1H3. The smallest absolute Gasteiger partial charge is 0.267 e. The van der Waals surface area contributed by atoms with Gasteiger partial charge in [0.2, 0.25) is 5.43 Å². The molecule has 0 fully saturated rings. The average Bonchev–Trinajstić information content (AvgIpc) is 2.28. The molecule has 0 amide bonds. The third kappa shape index (κ3) is 4.58. The van der Waals surface area contributed by atoms with Crippen LogP contribution in [-0.4, -0.2) is 19.3 Å². The molecule has 0 spiro atoms. The number of hydrogen-bond acceptors (Lipinski definition) is 6. The van der Waals surface area contributed by atoms with Gasteiger partial charge < -0.3 is 9.52 Å². The van der Waals surface area contributed by atoms with Crippen LogP contribution in [-0.2, 0) is 20.9 Å². The fourth-order valence-corrected chi connectivity index (χ4v) is 2.10. The normalized spacial score (nSPS) is 11.6. The van der Waals surface area contributed by atoms with E-state index in [1.54, 1.807) is 0 Å². The topological polar surface area (TPSA) is 93.8 Å². The van der Waals surface area contributed by atoms with Gasteiger partial charge in [0.15, 0.2) is 5.75 Å². The SMILES string of the molecule is CCCCS(=O)(=O)OCc1cc(=O)c(O)co1. The maximum Gasteiger partial charge on any atom is 0.267 e. The highest BCUT2D eigenvalue weighted by molar-refractivity contribution is 7.86. The third-order valence-corrected chi connectivity index (χ3v) is 3.26. The lowest BCUT2D eigenvalue weighted by atomic mass is 10.4. The van der Waals surface area contributed by atoms with Crippen LogP contribution < -0.4 is 5.43 Å². The lowest BCUT2D eigenvalue weighted by Crippen LogP contribution is -2.11. The maximum atomic E-state index is 11.3. The quantitative estimate of drug-likeness (QED) is 0.768. The summed E-state index contributed by atoms with van der Waals surface area (Å²) < 4.78 is 32.1. The highest BCUT2D eigenvalue weighted by Gasteiger charge is 2.12. The fourth-order valence-electron chi connectivity index (χ4n) is 1.05. The molecule has 0 bridgehead atoms. The molecule has 0 atom stereocenters. The molecule has 96 valence electrons. The summed E-state index contributed by atoms with van der Waals surface area (Å²) in [4.78, 5) is 11.0. The Hall–Kier alpha value is -1.34. The summed E-state index contributed by atoms with van der Waals surface area (Å²) in [5.74, 6) is -0.540. The van der Waals surface area contributed by atoms with Gasteiger partial charge in [0.05, 0.1) is 5.75 Å². The first-order chi connectivity index (χ1) is 7.94. The Bertz CT molecular complexity index is 516. The van der Waals surface area contributed by atoms with Gasteiger partial charge in [-0.15, -0.1) is 0 Å². The first kappa shape index (κ1) is 13.7. The van der Waals surface area contributed by atoms with Crippen LogP contribution >= 0.6 is 0 Å². The van der Waals surface area contributed by atoms with E-state index in [0.29, 0.717) is 6.42 Å². The van der Waals surface area contributed by atoms with Gasteiger partial charge in [-0.05, 0) is 6.42 Å². The van der Waals surface area contributed by atoms with Crippen molar-refractivity contribution >= 4 is 10.1 Å². The first-order valence-corrected chi connectivity index (χ1v) is 6.70. The molecule has 7 heteroatoms. The highest BCUT2D eigenvalue weighted by Crippen LogP contribution is 2.07. The molecule has 0 aliphatic heterocycles. The summed E-state index contributed by atoms with van der Waals surface area (Å²) in [5, 5.41) is 8.92. The van der Waals surface area contributed by atoms with Crippen LogP contribution in [0, 0.1) is 0 Å². The Morgan fingerprint density at radius 3 is 2.76 bits per heavy atom. The molecule has 0 saturated carbocycles. The van der Waals surface area contributed by atoms with Gasteiger partial charge in [-0.25, -0.2) is 0 Å². The van der Waals surface area contributed by atoms with Gasteiger partial charge in [0.1, 0.15) is 18.6 Å². The van der Waals surface area contributed by atoms with Gasteiger partial charge in [-0.1, -0.05) is 13.3 Å². The fraction of sp³-hybridized carbons (Fsp3) is 0.500. The molecule has 1 N–H and O–H groups in total. The number of hydrogen-bond donors (Lipinski definition) is 1. The third-order valence-electron chi connectivity index (χ3n) is 2.00. The van der Waals surface area contributed by atoms with Gasteiger partial charge in [0.25, 0.3) is 10.1 Å². The minimum atomic E-state index is -3.59. The molecule has 1 heterocycles. The van der Waals surface area contributed by atoms with Crippen LogP contribution in [0.15, 0.2) is 21.5 Å². The molecule has 0 aliphatic rings. The maximum absolute atomic E-state index is 11.3. The van der Waals surface area contributed by atoms with E-state index in [4.69, 9.17) is 9.52 Å². The van der Waals surface area contributed by atoms with E-state index in [1.165, 1.54) is 0 Å². The van der Waals surface area contributed by atoms with E-state index in [-0.39, 0.29) is 18.1 Å². The summed E-state index contributed by atoms with van der Waals surface area (Å²) in [6.07, 6.45) is 2.11. The molecule has 17 heavy (non-hydrogen) atoms. The van der Waals surface area contributed by atoms with Crippen molar-refractivity contribution in [1.82, 2.24) is 0 Å². The van der Waals surface area contributed by atoms with Crippen molar-refractivity contribution in [2.75, 3.05) is 5.75 Å². The Morgan fingerprint density at radius 2 is 2.18 bits per heavy atom. The molecule has 0 aromatic carbocycles. The van der Waals surface area contributed by atoms with Crippen LogP contribution in [0.4, 0.5) is 0 Å². The average molecular weight is 262 g/mol. The molecule has 6 nitrogen and oxygen atoms in total. The van der Waals surface area contributed by atoms with Crippen molar-refractivity contribution in [3.05, 3.63) is 28.3 Å². The number of aromatic hydroxyl groups is 1. The van der Waals surface area contributed by atoms with Crippen molar-refractivity contribution in [2.24, 2.45) is 0 Å². The molecular formula is C10H14O6S. The predicted octanol–water partition coefficient (Wildman–Crippen LogP) is 0.992. The molecule has 0 aliphatic carbocycles. The van der Waals surface area contributed by atoms with E-state index < -0.39 is 21.3 Å². The van der Waals surface area contributed by atoms with Crippen LogP contribution in [0.5, 0.6) is 5.75 Å². The zero-order valence-electron chi connectivity index (χ0n) is 9.38. The summed E-state index contributed by atoms with van der Waals surface area (Å²) in [7, 11) is -3.59. The largest absolute Gasteiger partial charge is 0.502 e. The molecule has 0 saturated heterocycles.